The molecule has 0 aliphatic heterocycles. The molecule has 0 saturated carbocycles. The van der Waals surface area contributed by atoms with Crippen molar-refractivity contribution in [1.29, 1.82) is 0 Å². The number of aromatic nitrogens is 1. The zero-order valence-corrected chi connectivity index (χ0v) is 17.2. The molecule has 152 valence electrons. The highest BCUT2D eigenvalue weighted by molar-refractivity contribution is 7.19. The number of nitrogens with two attached hydrogens (primary N) is 2. The number of hydrogen-bond donors (Lipinski definition) is 3. The van der Waals surface area contributed by atoms with Crippen molar-refractivity contribution in [2.24, 2.45) is 5.73 Å². The normalized spacial score (nSPS) is 13.2. The minimum atomic E-state index is -0.636. The highest BCUT2D eigenvalue weighted by atomic mass is 32.1. The molecule has 2 atom stereocenters. The molecule has 3 aromatic rings. The fraction of sp³-hybridized carbons (Fsp3) is 0.318. The number of ketones is 1. The lowest BCUT2D eigenvalue weighted by Crippen LogP contribution is -2.47. The topological polar surface area (TPSA) is 111 Å². The van der Waals surface area contributed by atoms with Crippen molar-refractivity contribution in [3.8, 4) is 0 Å². The molecule has 1 amide bonds. The van der Waals surface area contributed by atoms with Crippen LogP contribution < -0.4 is 16.8 Å². The number of hydrogen-bond acceptors (Lipinski definition) is 6. The average molecular weight is 411 g/mol. The maximum atomic E-state index is 12.4. The lowest BCUT2D eigenvalue weighted by Gasteiger charge is -2.16. The molecule has 0 aliphatic rings. The van der Waals surface area contributed by atoms with E-state index < -0.39 is 12.1 Å². The second kappa shape index (κ2) is 9.62. The molecule has 2 heterocycles. The van der Waals surface area contributed by atoms with Gasteiger partial charge in [-0.15, -0.1) is 11.3 Å². The maximum absolute atomic E-state index is 12.4. The van der Waals surface area contributed by atoms with Gasteiger partial charge in [0.1, 0.15) is 5.82 Å². The average Bonchev–Trinajstić information content (AvgIpc) is 3.15. The highest BCUT2D eigenvalue weighted by Crippen LogP contribution is 2.29. The first kappa shape index (κ1) is 21.0. The number of carbonyl (C=O) groups is 2. The molecule has 1 aromatic carbocycles. The van der Waals surface area contributed by atoms with Crippen molar-refractivity contribution in [1.82, 2.24) is 10.3 Å². The lowest BCUT2D eigenvalue weighted by atomic mass is 10.0. The molecule has 0 aliphatic carbocycles. The minimum absolute atomic E-state index is 0.0165. The molecule has 3 rings (SSSR count). The van der Waals surface area contributed by atoms with Gasteiger partial charge < -0.3 is 16.8 Å². The number of nitrogen functional groups attached to an aromatic ring is 1. The van der Waals surface area contributed by atoms with Crippen molar-refractivity contribution < 1.29 is 9.59 Å². The van der Waals surface area contributed by atoms with Gasteiger partial charge in [-0.3, -0.25) is 9.59 Å². The quantitative estimate of drug-likeness (QED) is 0.502. The van der Waals surface area contributed by atoms with Gasteiger partial charge in [0.05, 0.1) is 12.1 Å². The number of nitrogens with zero attached hydrogens (tertiary/aromatic N) is 1. The van der Waals surface area contributed by atoms with Crippen molar-refractivity contribution in [3.63, 3.8) is 0 Å². The van der Waals surface area contributed by atoms with Crippen LogP contribution >= 0.6 is 11.3 Å². The van der Waals surface area contributed by atoms with Crippen LogP contribution in [0.5, 0.6) is 0 Å². The van der Waals surface area contributed by atoms with E-state index >= 15 is 0 Å². The number of anilines is 1. The molecule has 2 aromatic heterocycles. The van der Waals surface area contributed by atoms with Crippen LogP contribution in [0.3, 0.4) is 0 Å². The van der Waals surface area contributed by atoms with Gasteiger partial charge in [0.15, 0.2) is 5.78 Å². The lowest BCUT2D eigenvalue weighted by molar-refractivity contribution is -0.128. The summed E-state index contributed by atoms with van der Waals surface area (Å²) in [5, 5.41) is 3.67. The molecule has 0 unspecified atom stereocenters. The first-order chi connectivity index (χ1) is 13.9. The number of nitrogens with one attached hydrogen (secondary N) is 1. The zero-order chi connectivity index (χ0) is 20.8. The van der Waals surface area contributed by atoms with E-state index in [1.807, 2.05) is 42.5 Å². The van der Waals surface area contributed by atoms with Crippen LogP contribution in [0.25, 0.3) is 10.1 Å². The Morgan fingerprint density at radius 2 is 1.93 bits per heavy atom. The summed E-state index contributed by atoms with van der Waals surface area (Å²) in [6, 6.07) is 12.6. The second-order valence-electron chi connectivity index (χ2n) is 7.15. The van der Waals surface area contributed by atoms with Crippen molar-refractivity contribution >= 4 is 38.9 Å². The molecular weight excluding hydrogens is 384 g/mol. The summed E-state index contributed by atoms with van der Waals surface area (Å²) in [7, 11) is 0. The number of aryl methyl sites for hydroxylation is 2. The van der Waals surface area contributed by atoms with Crippen LogP contribution in [0.2, 0.25) is 0 Å². The summed E-state index contributed by atoms with van der Waals surface area (Å²) < 4.78 is 1.06. The van der Waals surface area contributed by atoms with E-state index in [9.17, 15) is 9.59 Å². The molecule has 6 nitrogen and oxygen atoms in total. The van der Waals surface area contributed by atoms with E-state index in [0.717, 1.165) is 26.9 Å². The number of thiophene rings is 1. The number of Topliss-reactive ketones (excluding diaryl/α,β-unsaturated/α-hetero) is 1. The van der Waals surface area contributed by atoms with Gasteiger partial charge in [0.2, 0.25) is 5.91 Å². The number of rotatable bonds is 9. The molecule has 5 N–H and O–H groups in total. The molecule has 29 heavy (non-hydrogen) atoms. The van der Waals surface area contributed by atoms with Gasteiger partial charge in [-0.2, -0.15) is 0 Å². The standard InChI is InChI=1S/C22H26N4O2S/c1-14(26-22(28)18(23)9-7-15-5-3-2-4-6-15)19(27)10-8-16-13-17-20(29-16)11-12-25-21(17)24/h2-6,11-14,18H,7-10,23H2,1H3,(H2,24,25)(H,26,28)/t14-,18+/m0/s1. The molecule has 7 heteroatoms. The third kappa shape index (κ3) is 5.62. The van der Waals surface area contributed by atoms with Gasteiger partial charge in [-0.25, -0.2) is 4.98 Å². The Bertz CT molecular complexity index is 987. The van der Waals surface area contributed by atoms with Gasteiger partial charge in [0, 0.05) is 27.6 Å². The molecule has 0 saturated heterocycles. The summed E-state index contributed by atoms with van der Waals surface area (Å²) in [5.41, 5.74) is 13.0. The number of amides is 1. The number of benzene rings is 1. The second-order valence-corrected chi connectivity index (χ2v) is 8.32. The van der Waals surface area contributed by atoms with E-state index in [0.29, 0.717) is 25.1 Å². The summed E-state index contributed by atoms with van der Waals surface area (Å²) in [5.74, 6) is 0.195. The van der Waals surface area contributed by atoms with E-state index in [1.165, 1.54) is 0 Å². The van der Waals surface area contributed by atoms with Crippen LogP contribution in [0.15, 0.2) is 48.7 Å². The zero-order valence-electron chi connectivity index (χ0n) is 16.4. The summed E-state index contributed by atoms with van der Waals surface area (Å²) in [6.07, 6.45) is 3.90. The largest absolute Gasteiger partial charge is 0.383 e. The van der Waals surface area contributed by atoms with Crippen LogP contribution in [0, 0.1) is 0 Å². The predicted molar refractivity (Wildman–Crippen MR) is 118 cm³/mol. The first-order valence-electron chi connectivity index (χ1n) is 9.69. The predicted octanol–water partition coefficient (Wildman–Crippen LogP) is 2.84. The Morgan fingerprint density at radius 1 is 1.17 bits per heavy atom. The fourth-order valence-corrected chi connectivity index (χ4v) is 4.19. The van der Waals surface area contributed by atoms with E-state index in [-0.39, 0.29) is 11.7 Å². The summed E-state index contributed by atoms with van der Waals surface area (Å²) >= 11 is 1.61. The Kier molecular flexibility index (Phi) is 6.95. The van der Waals surface area contributed by atoms with E-state index in [4.69, 9.17) is 11.5 Å². The summed E-state index contributed by atoms with van der Waals surface area (Å²) in [4.78, 5) is 29.9. The van der Waals surface area contributed by atoms with Gasteiger partial charge in [-0.05, 0) is 43.9 Å². The molecular formula is C22H26N4O2S. The Morgan fingerprint density at radius 3 is 2.66 bits per heavy atom. The molecule has 0 bridgehead atoms. The number of pyridine rings is 1. The van der Waals surface area contributed by atoms with Gasteiger partial charge >= 0.3 is 0 Å². The van der Waals surface area contributed by atoms with Crippen LogP contribution in [0.4, 0.5) is 5.82 Å². The van der Waals surface area contributed by atoms with E-state index in [1.54, 1.807) is 24.5 Å². The molecule has 0 radical (unpaired) electrons. The Labute approximate surface area is 174 Å². The Balaban J connectivity index is 1.46. The Hall–Kier alpha value is -2.77. The molecule has 0 fully saturated rings. The third-order valence-electron chi connectivity index (χ3n) is 4.91. The molecule has 0 spiro atoms. The third-order valence-corrected chi connectivity index (χ3v) is 6.07. The fourth-order valence-electron chi connectivity index (χ4n) is 3.12. The van der Waals surface area contributed by atoms with Crippen LogP contribution in [0.1, 0.15) is 30.2 Å². The van der Waals surface area contributed by atoms with Gasteiger partial charge in [-0.1, -0.05) is 30.3 Å². The smallest absolute Gasteiger partial charge is 0.237 e. The highest BCUT2D eigenvalue weighted by Gasteiger charge is 2.20. The van der Waals surface area contributed by atoms with Crippen LogP contribution in [-0.4, -0.2) is 28.8 Å². The summed E-state index contributed by atoms with van der Waals surface area (Å²) in [6.45, 7) is 1.71. The van der Waals surface area contributed by atoms with Crippen molar-refractivity contribution in [2.75, 3.05) is 5.73 Å². The van der Waals surface area contributed by atoms with Gasteiger partial charge in [0.25, 0.3) is 0 Å². The van der Waals surface area contributed by atoms with Crippen molar-refractivity contribution in [3.05, 3.63) is 59.1 Å². The SMILES string of the molecule is C[C@H](NC(=O)[C@H](N)CCc1ccccc1)C(=O)CCc1cc2c(N)nccc2s1. The van der Waals surface area contributed by atoms with E-state index in [2.05, 4.69) is 10.3 Å². The van der Waals surface area contributed by atoms with Crippen LogP contribution in [-0.2, 0) is 22.4 Å². The van der Waals surface area contributed by atoms with Crippen molar-refractivity contribution in [2.45, 2.75) is 44.7 Å². The number of fused-ring (bicyclic) bond motifs is 1. The minimum Gasteiger partial charge on any atom is -0.383 e. The number of carbonyl (C=O) groups excluding carboxylic acids is 2. The first-order valence-corrected chi connectivity index (χ1v) is 10.5. The maximum Gasteiger partial charge on any atom is 0.237 e. The monoisotopic (exact) mass is 410 g/mol.